The number of ether oxygens (including phenoxy) is 1. The fourth-order valence-corrected chi connectivity index (χ4v) is 1.67. The second-order valence-corrected chi connectivity index (χ2v) is 4.29. The topological polar surface area (TPSA) is 9.23 Å². The minimum atomic E-state index is -4.31. The first-order valence-corrected chi connectivity index (χ1v) is 6.59. The maximum Gasteiger partial charge on any atom is 0.416 e. The van der Waals surface area contributed by atoms with Crippen molar-refractivity contribution in [2.24, 2.45) is 0 Å². The molecule has 0 saturated heterocycles. The Morgan fingerprint density at radius 1 is 1.20 bits per heavy atom. The molecular formula is C16H19F3O. The SMILES string of the molecule is C/C=C\C(=C/CCOc1ccc(CC)cc1)C(F)(F)F. The normalized spacial score (nSPS) is 12.9. The first-order chi connectivity index (χ1) is 9.47. The molecule has 4 heteroatoms. The van der Waals surface area contributed by atoms with Crippen LogP contribution in [0.25, 0.3) is 0 Å². The highest BCUT2D eigenvalue weighted by Crippen LogP contribution is 2.26. The smallest absolute Gasteiger partial charge is 0.416 e. The van der Waals surface area contributed by atoms with Crippen LogP contribution < -0.4 is 4.74 Å². The molecule has 1 rings (SSSR count). The third-order valence-electron chi connectivity index (χ3n) is 2.76. The molecule has 110 valence electrons. The molecule has 0 aliphatic carbocycles. The van der Waals surface area contributed by atoms with E-state index < -0.39 is 11.7 Å². The predicted octanol–water partition coefficient (Wildman–Crippen LogP) is 5.08. The molecule has 0 bridgehead atoms. The molecule has 0 saturated carbocycles. The highest BCUT2D eigenvalue weighted by molar-refractivity contribution is 5.27. The third kappa shape index (κ3) is 5.51. The zero-order valence-corrected chi connectivity index (χ0v) is 11.7. The molecule has 0 aliphatic rings. The Balaban J connectivity index is 2.50. The molecule has 20 heavy (non-hydrogen) atoms. The van der Waals surface area contributed by atoms with Gasteiger partial charge in [0.15, 0.2) is 0 Å². The van der Waals surface area contributed by atoms with Crippen molar-refractivity contribution in [1.82, 2.24) is 0 Å². The number of hydrogen-bond acceptors (Lipinski definition) is 1. The number of allylic oxidation sites excluding steroid dienone is 3. The maximum atomic E-state index is 12.6. The van der Waals surface area contributed by atoms with Crippen molar-refractivity contribution in [2.75, 3.05) is 6.61 Å². The standard InChI is InChI=1S/C16H19F3O/c1-3-6-14(16(17,18)19)7-5-12-20-15-10-8-13(4-2)9-11-15/h3,6-11H,4-5,12H2,1-2H3/b6-3-,14-7+. The summed E-state index contributed by atoms with van der Waals surface area (Å²) < 4.78 is 43.2. The Labute approximate surface area is 117 Å². The first-order valence-electron chi connectivity index (χ1n) is 6.59. The fourth-order valence-electron chi connectivity index (χ4n) is 1.67. The number of hydrogen-bond donors (Lipinski definition) is 0. The van der Waals surface area contributed by atoms with E-state index in [0.717, 1.165) is 18.6 Å². The van der Waals surface area contributed by atoms with Crippen LogP contribution >= 0.6 is 0 Å². The lowest BCUT2D eigenvalue weighted by molar-refractivity contribution is -0.0884. The van der Waals surface area contributed by atoms with Crippen LogP contribution in [0.4, 0.5) is 13.2 Å². The first kappa shape index (κ1) is 16.3. The summed E-state index contributed by atoms with van der Waals surface area (Å²) in [5.41, 5.74) is 0.564. The van der Waals surface area contributed by atoms with Gasteiger partial charge in [0, 0.05) is 6.42 Å². The van der Waals surface area contributed by atoms with E-state index in [1.165, 1.54) is 11.6 Å². The summed E-state index contributed by atoms with van der Waals surface area (Å²) in [5, 5.41) is 0. The second kappa shape index (κ2) is 7.78. The molecule has 0 amide bonds. The highest BCUT2D eigenvalue weighted by atomic mass is 19.4. The molecule has 1 aromatic carbocycles. The van der Waals surface area contributed by atoms with E-state index >= 15 is 0 Å². The van der Waals surface area contributed by atoms with E-state index in [1.807, 2.05) is 24.3 Å². The van der Waals surface area contributed by atoms with Crippen LogP contribution in [0.5, 0.6) is 5.75 Å². The zero-order valence-electron chi connectivity index (χ0n) is 11.7. The van der Waals surface area contributed by atoms with E-state index in [9.17, 15) is 13.2 Å². The number of benzene rings is 1. The van der Waals surface area contributed by atoms with Crippen molar-refractivity contribution >= 4 is 0 Å². The molecule has 0 fully saturated rings. The molecule has 0 aromatic heterocycles. The van der Waals surface area contributed by atoms with Gasteiger partial charge in [-0.2, -0.15) is 13.2 Å². The summed E-state index contributed by atoms with van der Waals surface area (Å²) in [6, 6.07) is 7.57. The Bertz CT molecular complexity index is 456. The monoisotopic (exact) mass is 284 g/mol. The summed E-state index contributed by atoms with van der Waals surface area (Å²) in [6.45, 7) is 3.84. The van der Waals surface area contributed by atoms with Gasteiger partial charge in [0.05, 0.1) is 12.2 Å². The zero-order chi connectivity index (χ0) is 15.0. The summed E-state index contributed by atoms with van der Waals surface area (Å²) in [5.74, 6) is 0.676. The molecule has 0 aliphatic heterocycles. The molecule has 0 atom stereocenters. The van der Waals surface area contributed by atoms with Crippen LogP contribution in [0, 0.1) is 0 Å². The van der Waals surface area contributed by atoms with Crippen molar-refractivity contribution in [3.8, 4) is 5.75 Å². The Morgan fingerprint density at radius 2 is 1.85 bits per heavy atom. The minimum absolute atomic E-state index is 0.217. The highest BCUT2D eigenvalue weighted by Gasteiger charge is 2.31. The van der Waals surface area contributed by atoms with Crippen LogP contribution in [0.15, 0.2) is 48.1 Å². The van der Waals surface area contributed by atoms with Crippen LogP contribution in [0.2, 0.25) is 0 Å². The van der Waals surface area contributed by atoms with Gasteiger partial charge >= 0.3 is 6.18 Å². The maximum absolute atomic E-state index is 12.6. The fraction of sp³-hybridized carbons (Fsp3) is 0.375. The molecule has 1 nitrogen and oxygen atoms in total. The van der Waals surface area contributed by atoms with Gasteiger partial charge in [-0.25, -0.2) is 0 Å². The Morgan fingerprint density at radius 3 is 2.35 bits per heavy atom. The van der Waals surface area contributed by atoms with E-state index in [-0.39, 0.29) is 13.0 Å². The molecule has 0 unspecified atom stereocenters. The van der Waals surface area contributed by atoms with Gasteiger partial charge in [0.2, 0.25) is 0 Å². The molecule has 0 N–H and O–H groups in total. The molecule has 0 spiro atoms. The van der Waals surface area contributed by atoms with Crippen molar-refractivity contribution in [3.63, 3.8) is 0 Å². The van der Waals surface area contributed by atoms with Crippen molar-refractivity contribution in [1.29, 1.82) is 0 Å². The molecule has 1 aromatic rings. The quantitative estimate of drug-likeness (QED) is 0.522. The van der Waals surface area contributed by atoms with Gasteiger partial charge in [0.1, 0.15) is 5.75 Å². The average Bonchev–Trinajstić information content (AvgIpc) is 2.41. The second-order valence-electron chi connectivity index (χ2n) is 4.29. The summed E-state index contributed by atoms with van der Waals surface area (Å²) in [7, 11) is 0. The van der Waals surface area contributed by atoms with Crippen molar-refractivity contribution in [2.45, 2.75) is 32.9 Å². The summed E-state index contributed by atoms with van der Waals surface area (Å²) in [4.78, 5) is 0. The molecule has 0 heterocycles. The molecule has 0 radical (unpaired) electrons. The van der Waals surface area contributed by atoms with Gasteiger partial charge < -0.3 is 4.74 Å². The summed E-state index contributed by atoms with van der Waals surface area (Å²) >= 11 is 0. The van der Waals surface area contributed by atoms with Crippen LogP contribution in [-0.2, 0) is 6.42 Å². The van der Waals surface area contributed by atoms with Gasteiger partial charge in [0.25, 0.3) is 0 Å². The van der Waals surface area contributed by atoms with E-state index in [4.69, 9.17) is 4.74 Å². The largest absolute Gasteiger partial charge is 0.493 e. The van der Waals surface area contributed by atoms with E-state index in [2.05, 4.69) is 6.92 Å². The predicted molar refractivity (Wildman–Crippen MR) is 74.9 cm³/mol. The van der Waals surface area contributed by atoms with Crippen LogP contribution in [0.3, 0.4) is 0 Å². The summed E-state index contributed by atoms with van der Waals surface area (Å²) in [6.07, 6.45) is 0.450. The number of alkyl halides is 3. The average molecular weight is 284 g/mol. The Hall–Kier alpha value is -1.71. The third-order valence-corrected chi connectivity index (χ3v) is 2.76. The van der Waals surface area contributed by atoms with E-state index in [1.54, 1.807) is 6.92 Å². The van der Waals surface area contributed by atoms with Crippen LogP contribution in [-0.4, -0.2) is 12.8 Å². The molecular weight excluding hydrogens is 265 g/mol. The lowest BCUT2D eigenvalue weighted by atomic mass is 10.2. The lowest BCUT2D eigenvalue weighted by Crippen LogP contribution is -2.10. The lowest BCUT2D eigenvalue weighted by Gasteiger charge is -2.08. The number of aryl methyl sites for hydroxylation is 1. The van der Waals surface area contributed by atoms with Gasteiger partial charge in [-0.1, -0.05) is 37.3 Å². The van der Waals surface area contributed by atoms with Crippen LogP contribution in [0.1, 0.15) is 25.8 Å². The minimum Gasteiger partial charge on any atom is -0.493 e. The number of rotatable bonds is 6. The van der Waals surface area contributed by atoms with Crippen molar-refractivity contribution in [3.05, 3.63) is 53.6 Å². The van der Waals surface area contributed by atoms with E-state index in [0.29, 0.717) is 5.75 Å². The van der Waals surface area contributed by atoms with Gasteiger partial charge in [-0.3, -0.25) is 0 Å². The van der Waals surface area contributed by atoms with Gasteiger partial charge in [-0.15, -0.1) is 0 Å². The number of halogens is 3. The Kier molecular flexibility index (Phi) is 6.36. The van der Waals surface area contributed by atoms with Crippen molar-refractivity contribution < 1.29 is 17.9 Å². The van der Waals surface area contributed by atoms with Gasteiger partial charge in [-0.05, 0) is 31.0 Å².